The molecule has 3 rings (SSSR count). The van der Waals surface area contributed by atoms with E-state index in [-0.39, 0.29) is 5.41 Å². The maximum Gasteiger partial charge on any atom is 0.0142 e. The molecule has 3 aliphatic carbocycles. The molecule has 0 aromatic carbocycles. The van der Waals surface area contributed by atoms with E-state index in [1.807, 2.05) is 0 Å². The van der Waals surface area contributed by atoms with Gasteiger partial charge in [0.1, 0.15) is 0 Å². The molecule has 0 heteroatoms. The minimum Gasteiger partial charge on any atom is -0.0769 e. The average Bonchev–Trinajstić information content (AvgIpc) is 3.11. The van der Waals surface area contributed by atoms with Crippen LogP contribution in [0.3, 0.4) is 0 Å². The Morgan fingerprint density at radius 2 is 1.57 bits per heavy atom. The van der Waals surface area contributed by atoms with Crippen molar-refractivity contribution >= 4 is 0 Å². The van der Waals surface area contributed by atoms with Gasteiger partial charge in [0.2, 0.25) is 0 Å². The van der Waals surface area contributed by atoms with Gasteiger partial charge in [-0.05, 0) is 59.7 Å². The van der Waals surface area contributed by atoms with E-state index in [4.69, 9.17) is 0 Å². The molecule has 0 fully saturated rings. The number of rotatable bonds is 3. The van der Waals surface area contributed by atoms with Gasteiger partial charge in [-0.1, -0.05) is 77.8 Å². The van der Waals surface area contributed by atoms with Gasteiger partial charge in [0.15, 0.2) is 0 Å². The maximum atomic E-state index is 2.53. The Balaban J connectivity index is 2.08. The smallest absolute Gasteiger partial charge is 0.0142 e. The van der Waals surface area contributed by atoms with Crippen molar-refractivity contribution in [3.05, 3.63) is 46.1 Å². The summed E-state index contributed by atoms with van der Waals surface area (Å²) in [5.41, 5.74) is 8.91. The zero-order valence-electron chi connectivity index (χ0n) is 16.2. The molecule has 0 nitrogen and oxygen atoms in total. The lowest BCUT2D eigenvalue weighted by molar-refractivity contribution is 0.275. The van der Waals surface area contributed by atoms with Gasteiger partial charge in [-0.3, -0.25) is 0 Å². The second-order valence-electron chi connectivity index (χ2n) is 9.32. The third-order valence-corrected chi connectivity index (χ3v) is 6.63. The first-order valence-corrected chi connectivity index (χ1v) is 9.52. The molecule has 1 atom stereocenters. The van der Waals surface area contributed by atoms with E-state index in [9.17, 15) is 0 Å². The van der Waals surface area contributed by atoms with Crippen LogP contribution in [0.1, 0.15) is 74.1 Å². The van der Waals surface area contributed by atoms with Crippen molar-refractivity contribution in [2.75, 3.05) is 0 Å². The van der Waals surface area contributed by atoms with Crippen molar-refractivity contribution in [3.8, 4) is 0 Å². The van der Waals surface area contributed by atoms with Gasteiger partial charge in [-0.2, -0.15) is 0 Å². The summed E-state index contributed by atoms with van der Waals surface area (Å²) in [6.07, 6.45) is 12.5. The van der Waals surface area contributed by atoms with Gasteiger partial charge >= 0.3 is 0 Å². The van der Waals surface area contributed by atoms with Gasteiger partial charge < -0.3 is 0 Å². The molecule has 3 aliphatic rings. The third-order valence-electron chi connectivity index (χ3n) is 6.63. The Labute approximate surface area is 143 Å². The first kappa shape index (κ1) is 16.8. The zero-order valence-corrected chi connectivity index (χ0v) is 16.2. The Morgan fingerprint density at radius 3 is 2.13 bits per heavy atom. The first-order chi connectivity index (χ1) is 10.7. The van der Waals surface area contributed by atoms with Crippen molar-refractivity contribution in [3.63, 3.8) is 0 Å². The molecule has 0 spiro atoms. The topological polar surface area (TPSA) is 0 Å². The fraction of sp³-hybridized carbons (Fsp3) is 0.652. The Hall–Kier alpha value is -1.04. The fourth-order valence-electron chi connectivity index (χ4n) is 4.87. The van der Waals surface area contributed by atoms with Crippen LogP contribution in [0.5, 0.6) is 0 Å². The molecule has 0 aromatic heterocycles. The third kappa shape index (κ3) is 2.59. The van der Waals surface area contributed by atoms with E-state index in [1.54, 1.807) is 27.9 Å². The summed E-state index contributed by atoms with van der Waals surface area (Å²) in [5.74, 6) is 1.28. The van der Waals surface area contributed by atoms with Crippen LogP contribution in [0.25, 0.3) is 0 Å². The number of allylic oxidation sites excluding steroid dienone is 8. The molecular weight excluding hydrogens is 276 g/mol. The SMILES string of the molecule is CC(C)C1=CCC(C2(C)CCC(C)(C)C3=C2C(C(C)C)=CC3)=C1. The van der Waals surface area contributed by atoms with Crippen LogP contribution in [0.15, 0.2) is 46.1 Å². The normalized spacial score (nSPS) is 29.9. The van der Waals surface area contributed by atoms with Gasteiger partial charge in [-0.25, -0.2) is 0 Å². The van der Waals surface area contributed by atoms with Crippen LogP contribution in [-0.2, 0) is 0 Å². The molecule has 0 radical (unpaired) electrons. The lowest BCUT2D eigenvalue weighted by Gasteiger charge is -2.46. The highest BCUT2D eigenvalue weighted by Crippen LogP contribution is 2.60. The summed E-state index contributed by atoms with van der Waals surface area (Å²) >= 11 is 0. The van der Waals surface area contributed by atoms with E-state index in [1.165, 1.54) is 19.3 Å². The van der Waals surface area contributed by atoms with Gasteiger partial charge in [0.05, 0.1) is 0 Å². The molecule has 23 heavy (non-hydrogen) atoms. The van der Waals surface area contributed by atoms with Crippen molar-refractivity contribution < 1.29 is 0 Å². The van der Waals surface area contributed by atoms with Crippen molar-refractivity contribution in [1.82, 2.24) is 0 Å². The van der Waals surface area contributed by atoms with Crippen LogP contribution in [0, 0.1) is 22.7 Å². The van der Waals surface area contributed by atoms with Gasteiger partial charge in [0.25, 0.3) is 0 Å². The molecule has 0 saturated heterocycles. The molecule has 0 bridgehead atoms. The molecule has 0 heterocycles. The predicted octanol–water partition coefficient (Wildman–Crippen LogP) is 7.01. The molecule has 126 valence electrons. The highest BCUT2D eigenvalue weighted by molar-refractivity contribution is 5.56. The fourth-order valence-corrected chi connectivity index (χ4v) is 4.87. The minimum atomic E-state index is 0.255. The molecule has 0 aromatic rings. The largest absolute Gasteiger partial charge is 0.0769 e. The maximum absolute atomic E-state index is 2.53. The molecule has 0 amide bonds. The molecular formula is C23H34. The summed E-state index contributed by atoms with van der Waals surface area (Å²) in [5, 5.41) is 0. The Bertz CT molecular complexity index is 631. The van der Waals surface area contributed by atoms with Crippen molar-refractivity contribution in [2.24, 2.45) is 22.7 Å². The van der Waals surface area contributed by atoms with Crippen molar-refractivity contribution in [1.29, 1.82) is 0 Å². The number of hydrogen-bond donors (Lipinski definition) is 0. The summed E-state index contributed by atoms with van der Waals surface area (Å²) in [7, 11) is 0. The highest BCUT2D eigenvalue weighted by Gasteiger charge is 2.46. The van der Waals surface area contributed by atoms with Crippen LogP contribution in [-0.4, -0.2) is 0 Å². The summed E-state index contributed by atoms with van der Waals surface area (Å²) < 4.78 is 0. The number of hydrogen-bond acceptors (Lipinski definition) is 0. The summed E-state index contributed by atoms with van der Waals surface area (Å²) in [6, 6.07) is 0. The molecule has 1 unspecified atom stereocenters. The lowest BCUT2D eigenvalue weighted by atomic mass is 9.58. The Kier molecular flexibility index (Phi) is 4.02. The second-order valence-corrected chi connectivity index (χ2v) is 9.32. The second kappa shape index (κ2) is 5.50. The van der Waals surface area contributed by atoms with E-state index < -0.39 is 0 Å². The van der Waals surface area contributed by atoms with Gasteiger partial charge in [0, 0.05) is 5.41 Å². The van der Waals surface area contributed by atoms with E-state index in [0.717, 1.165) is 6.42 Å². The Morgan fingerprint density at radius 1 is 0.870 bits per heavy atom. The minimum absolute atomic E-state index is 0.255. The van der Waals surface area contributed by atoms with E-state index >= 15 is 0 Å². The first-order valence-electron chi connectivity index (χ1n) is 9.52. The van der Waals surface area contributed by atoms with Gasteiger partial charge in [-0.15, -0.1) is 0 Å². The predicted molar refractivity (Wildman–Crippen MR) is 101 cm³/mol. The summed E-state index contributed by atoms with van der Waals surface area (Å²) in [6.45, 7) is 16.8. The molecule has 0 aliphatic heterocycles. The van der Waals surface area contributed by atoms with E-state index in [2.05, 4.69) is 66.7 Å². The quantitative estimate of drug-likeness (QED) is 0.526. The van der Waals surface area contributed by atoms with Crippen LogP contribution in [0.2, 0.25) is 0 Å². The molecule has 0 N–H and O–H groups in total. The average molecular weight is 311 g/mol. The summed E-state index contributed by atoms with van der Waals surface area (Å²) in [4.78, 5) is 0. The van der Waals surface area contributed by atoms with E-state index in [0.29, 0.717) is 17.3 Å². The lowest BCUT2D eigenvalue weighted by Crippen LogP contribution is -2.33. The zero-order chi connectivity index (χ0) is 17.0. The monoisotopic (exact) mass is 310 g/mol. The van der Waals surface area contributed by atoms with Crippen LogP contribution < -0.4 is 0 Å². The molecule has 0 saturated carbocycles. The van der Waals surface area contributed by atoms with Crippen LogP contribution >= 0.6 is 0 Å². The van der Waals surface area contributed by atoms with Crippen molar-refractivity contribution in [2.45, 2.75) is 74.1 Å². The van der Waals surface area contributed by atoms with Crippen LogP contribution in [0.4, 0.5) is 0 Å². The standard InChI is InChI=1S/C23H34/c1-15(2)17-8-9-18(14-17)23(7)13-12-22(5,6)20-11-10-19(16(3)4)21(20)23/h8,10,14-16H,9,11-13H2,1-7H3. The highest BCUT2D eigenvalue weighted by atomic mass is 14.5.